The molecular weight excluding hydrogens is 378 g/mol. The van der Waals surface area contributed by atoms with Crippen LogP contribution in [0.1, 0.15) is 53.6 Å². The summed E-state index contributed by atoms with van der Waals surface area (Å²) in [6.07, 6.45) is 9.63. The van der Waals surface area contributed by atoms with Crippen molar-refractivity contribution in [2.24, 2.45) is 5.73 Å². The highest BCUT2D eigenvalue weighted by Gasteiger charge is 2.27. The lowest BCUT2D eigenvalue weighted by molar-refractivity contribution is -0.129. The molecule has 7 nitrogen and oxygen atoms in total. The third kappa shape index (κ3) is 4.19. The average molecular weight is 407 g/mol. The number of aromatic amines is 1. The molecule has 1 radical (unpaired) electrons. The Labute approximate surface area is 176 Å². The number of aromatic nitrogens is 1. The molecule has 2 aromatic rings. The van der Waals surface area contributed by atoms with Crippen LogP contribution in [0.4, 0.5) is 0 Å². The van der Waals surface area contributed by atoms with Crippen molar-refractivity contribution in [2.75, 3.05) is 26.2 Å². The van der Waals surface area contributed by atoms with Gasteiger partial charge in [-0.1, -0.05) is 6.42 Å². The van der Waals surface area contributed by atoms with Crippen LogP contribution in [0.15, 0.2) is 18.3 Å². The van der Waals surface area contributed by atoms with Gasteiger partial charge in [0.1, 0.15) is 6.07 Å². The number of hydrogen-bond acceptors (Lipinski definition) is 4. The number of H-pyrrole nitrogens is 1. The van der Waals surface area contributed by atoms with Crippen molar-refractivity contribution < 1.29 is 9.59 Å². The zero-order valence-corrected chi connectivity index (χ0v) is 17.2. The van der Waals surface area contributed by atoms with E-state index < -0.39 is 5.91 Å². The summed E-state index contributed by atoms with van der Waals surface area (Å²) in [5.41, 5.74) is 7.67. The van der Waals surface area contributed by atoms with Crippen molar-refractivity contribution in [2.45, 2.75) is 44.6 Å². The van der Waals surface area contributed by atoms with Gasteiger partial charge in [0, 0.05) is 30.7 Å². The Balaban J connectivity index is 1.37. The summed E-state index contributed by atoms with van der Waals surface area (Å²) in [5.74, 6) is -0.526. The number of piperidine rings is 2. The maximum Gasteiger partial charge on any atom is 0.250 e. The van der Waals surface area contributed by atoms with Crippen molar-refractivity contribution >= 4 is 22.7 Å². The van der Waals surface area contributed by atoms with Crippen molar-refractivity contribution in [3.05, 3.63) is 41.4 Å². The van der Waals surface area contributed by atoms with Crippen molar-refractivity contribution in [1.82, 2.24) is 14.8 Å². The van der Waals surface area contributed by atoms with Gasteiger partial charge in [-0.05, 0) is 62.9 Å². The fourth-order valence-electron chi connectivity index (χ4n) is 4.77. The summed E-state index contributed by atoms with van der Waals surface area (Å²) < 4.78 is 0. The first-order valence-electron chi connectivity index (χ1n) is 10.8. The largest absolute Gasteiger partial charge is 0.366 e. The summed E-state index contributed by atoms with van der Waals surface area (Å²) in [6.45, 7) is 3.97. The topological polar surface area (TPSA) is 106 Å². The van der Waals surface area contributed by atoms with Crippen LogP contribution in [0, 0.1) is 17.8 Å². The van der Waals surface area contributed by atoms with Gasteiger partial charge < -0.3 is 20.5 Å². The molecule has 3 N–H and O–H groups in total. The number of primary amides is 1. The van der Waals surface area contributed by atoms with E-state index in [0.717, 1.165) is 31.5 Å². The van der Waals surface area contributed by atoms with Gasteiger partial charge in [-0.15, -0.1) is 0 Å². The van der Waals surface area contributed by atoms with Crippen LogP contribution in [0.2, 0.25) is 0 Å². The molecule has 3 heterocycles. The van der Waals surface area contributed by atoms with Crippen molar-refractivity contribution in [3.8, 4) is 6.07 Å². The number of carbonyl (C=O) groups excluding carboxylic acids is 2. The number of carbonyl (C=O) groups is 2. The molecule has 157 valence electrons. The molecule has 0 unspecified atom stereocenters. The number of nitriles is 1. The molecular formula is C23H28N5O2. The molecule has 0 saturated carbocycles. The number of likely N-dealkylation sites (tertiary alicyclic amines) is 2. The molecule has 7 heteroatoms. The van der Waals surface area contributed by atoms with E-state index in [1.807, 2.05) is 11.0 Å². The lowest BCUT2D eigenvalue weighted by Gasteiger charge is -2.40. The summed E-state index contributed by atoms with van der Waals surface area (Å²) in [7, 11) is 0. The lowest BCUT2D eigenvalue weighted by Crippen LogP contribution is -2.48. The van der Waals surface area contributed by atoms with Gasteiger partial charge in [0.05, 0.1) is 23.1 Å². The average Bonchev–Trinajstić information content (AvgIpc) is 3.20. The Morgan fingerprint density at radius 3 is 2.57 bits per heavy atom. The number of benzene rings is 1. The van der Waals surface area contributed by atoms with Gasteiger partial charge in [0.15, 0.2) is 0 Å². The zero-order valence-electron chi connectivity index (χ0n) is 17.2. The lowest BCUT2D eigenvalue weighted by atomic mass is 9.98. The molecule has 0 atom stereocenters. The van der Waals surface area contributed by atoms with E-state index in [0.29, 0.717) is 34.5 Å². The Bertz CT molecular complexity index is 975. The van der Waals surface area contributed by atoms with Gasteiger partial charge in [0.25, 0.3) is 5.91 Å². The minimum absolute atomic E-state index is 0.0300. The molecule has 0 bridgehead atoms. The van der Waals surface area contributed by atoms with E-state index in [1.54, 1.807) is 18.7 Å². The van der Waals surface area contributed by atoms with Gasteiger partial charge in [-0.25, -0.2) is 0 Å². The number of hydrogen-bond donors (Lipinski definition) is 2. The van der Waals surface area contributed by atoms with Gasteiger partial charge in [-0.2, -0.15) is 5.26 Å². The van der Waals surface area contributed by atoms with Crippen LogP contribution >= 0.6 is 0 Å². The predicted molar refractivity (Wildman–Crippen MR) is 115 cm³/mol. The van der Waals surface area contributed by atoms with E-state index in [9.17, 15) is 14.9 Å². The van der Waals surface area contributed by atoms with Crippen molar-refractivity contribution in [3.63, 3.8) is 0 Å². The first-order chi connectivity index (χ1) is 14.6. The highest BCUT2D eigenvalue weighted by Crippen LogP contribution is 2.25. The second kappa shape index (κ2) is 8.88. The Morgan fingerprint density at radius 2 is 1.90 bits per heavy atom. The molecule has 2 fully saturated rings. The molecule has 30 heavy (non-hydrogen) atoms. The summed E-state index contributed by atoms with van der Waals surface area (Å²) in [6, 6.07) is 6.28. The summed E-state index contributed by atoms with van der Waals surface area (Å²) in [5, 5.41) is 9.95. The highest BCUT2D eigenvalue weighted by atomic mass is 16.2. The van der Waals surface area contributed by atoms with Gasteiger partial charge in [-0.3, -0.25) is 9.59 Å². The van der Waals surface area contributed by atoms with Crippen LogP contribution in [-0.4, -0.2) is 58.8 Å². The van der Waals surface area contributed by atoms with Gasteiger partial charge >= 0.3 is 0 Å². The second-order valence-corrected chi connectivity index (χ2v) is 8.31. The molecule has 4 rings (SSSR count). The van der Waals surface area contributed by atoms with Crippen LogP contribution in [-0.2, 0) is 11.2 Å². The van der Waals surface area contributed by atoms with Crippen LogP contribution in [0.3, 0.4) is 0 Å². The molecule has 0 aliphatic carbocycles. The van der Waals surface area contributed by atoms with Crippen molar-refractivity contribution in [1.29, 1.82) is 5.26 Å². The zero-order chi connectivity index (χ0) is 21.1. The van der Waals surface area contributed by atoms with E-state index in [-0.39, 0.29) is 5.91 Å². The Morgan fingerprint density at radius 1 is 1.17 bits per heavy atom. The molecule has 0 spiro atoms. The molecule has 1 aromatic heterocycles. The van der Waals surface area contributed by atoms with Crippen LogP contribution < -0.4 is 5.73 Å². The minimum Gasteiger partial charge on any atom is -0.366 e. The predicted octanol–water partition coefficient (Wildman–Crippen LogP) is 2.36. The quantitative estimate of drug-likeness (QED) is 0.795. The van der Waals surface area contributed by atoms with E-state index in [1.165, 1.54) is 32.4 Å². The summed E-state index contributed by atoms with van der Waals surface area (Å²) in [4.78, 5) is 32.0. The second-order valence-electron chi connectivity index (χ2n) is 8.31. The third-order valence-electron chi connectivity index (χ3n) is 6.43. The number of nitrogens with one attached hydrogen (secondary N) is 1. The first-order valence-corrected chi connectivity index (χ1v) is 10.8. The fourth-order valence-corrected chi connectivity index (χ4v) is 4.77. The maximum atomic E-state index is 12.7. The van der Waals surface area contributed by atoms with Gasteiger partial charge in [0.2, 0.25) is 5.91 Å². The number of fused-ring (bicyclic) bond motifs is 1. The molecule has 2 amide bonds. The molecule has 2 aliphatic heterocycles. The SMILES string of the molecule is N#Cc1c[nH]c2c(C(N)=O)cc(C[CH]C(=O)N3CCC(N4CCCCC4)CC3)cc12. The number of nitrogens with two attached hydrogens (primary N) is 1. The van der Waals surface area contributed by atoms with Crippen LogP contribution in [0.5, 0.6) is 0 Å². The van der Waals surface area contributed by atoms with E-state index in [4.69, 9.17) is 5.73 Å². The number of nitrogens with zero attached hydrogens (tertiary/aromatic N) is 3. The molecule has 2 aliphatic rings. The number of amides is 2. The molecule has 2 saturated heterocycles. The fraction of sp³-hybridized carbons (Fsp3) is 0.478. The minimum atomic E-state index is -0.556. The Hall–Kier alpha value is -2.85. The maximum absolute atomic E-state index is 12.7. The standard InChI is InChI=1S/C23H28N5O2/c24-14-17-15-26-22-19(17)12-16(13-20(22)23(25)30)4-5-21(29)28-10-6-18(7-11-28)27-8-2-1-3-9-27/h5,12-13,15,18,26H,1-4,6-11H2,(H2,25,30). The number of rotatable bonds is 5. The normalized spacial score (nSPS) is 18.4. The highest BCUT2D eigenvalue weighted by molar-refractivity contribution is 6.06. The first kappa shape index (κ1) is 20.4. The van der Waals surface area contributed by atoms with E-state index in [2.05, 4.69) is 16.0 Å². The Kier molecular flexibility index (Phi) is 6.05. The molecule has 1 aromatic carbocycles. The summed E-state index contributed by atoms with van der Waals surface area (Å²) >= 11 is 0. The third-order valence-corrected chi connectivity index (χ3v) is 6.43. The van der Waals surface area contributed by atoms with E-state index >= 15 is 0 Å². The van der Waals surface area contributed by atoms with Crippen LogP contribution in [0.25, 0.3) is 10.9 Å². The monoisotopic (exact) mass is 406 g/mol. The smallest absolute Gasteiger partial charge is 0.250 e.